The molecule has 1 saturated heterocycles. The molecule has 0 amide bonds. The molecule has 2 atom stereocenters. The molecule has 1 fully saturated rings. The lowest BCUT2D eigenvalue weighted by Gasteiger charge is -2.16. The summed E-state index contributed by atoms with van der Waals surface area (Å²) in [5.41, 5.74) is 5.30. The zero-order valence-corrected chi connectivity index (χ0v) is 8.54. The zero-order valence-electron chi connectivity index (χ0n) is 8.54. The van der Waals surface area contributed by atoms with E-state index in [-0.39, 0.29) is 6.10 Å². The molecule has 5 nitrogen and oxygen atoms in total. The number of ether oxygens (including phenoxy) is 1. The lowest BCUT2D eigenvalue weighted by atomic mass is 10.2. The number of nitrogens with two attached hydrogens (primary N) is 1. The summed E-state index contributed by atoms with van der Waals surface area (Å²) >= 11 is 0. The molecule has 1 aliphatic rings. The molecule has 1 rings (SSSR count). The monoisotopic (exact) mass is 203 g/mol. The maximum absolute atomic E-state index is 9.47. The van der Waals surface area contributed by atoms with Crippen LogP contribution >= 0.6 is 0 Å². The van der Waals surface area contributed by atoms with E-state index in [2.05, 4.69) is 10.6 Å². The van der Waals surface area contributed by atoms with Gasteiger partial charge in [-0.2, -0.15) is 0 Å². The highest BCUT2D eigenvalue weighted by Gasteiger charge is 2.15. The third kappa shape index (κ3) is 4.88. The van der Waals surface area contributed by atoms with Crippen LogP contribution in [0.3, 0.4) is 0 Å². The number of aliphatic hydroxyl groups excluding tert-OH is 1. The van der Waals surface area contributed by atoms with Crippen LogP contribution in [0.1, 0.15) is 12.8 Å². The quantitative estimate of drug-likeness (QED) is 0.303. The van der Waals surface area contributed by atoms with Crippen LogP contribution in [0.2, 0.25) is 0 Å². The summed E-state index contributed by atoms with van der Waals surface area (Å²) in [4.78, 5) is 0. The van der Waals surface area contributed by atoms with E-state index in [1.165, 1.54) is 0 Å². The van der Waals surface area contributed by atoms with Gasteiger partial charge in [0.2, 0.25) is 0 Å². The minimum Gasteiger partial charge on any atom is -0.377 e. The molecular formula is C9H21N3O2. The number of rotatable bonds is 7. The van der Waals surface area contributed by atoms with E-state index in [1.54, 1.807) is 0 Å². The van der Waals surface area contributed by atoms with E-state index in [4.69, 9.17) is 10.5 Å². The Morgan fingerprint density at radius 2 is 2.43 bits per heavy atom. The van der Waals surface area contributed by atoms with Gasteiger partial charge in [0.1, 0.15) is 6.23 Å². The molecule has 2 unspecified atom stereocenters. The van der Waals surface area contributed by atoms with E-state index >= 15 is 0 Å². The topological polar surface area (TPSA) is 79.5 Å². The van der Waals surface area contributed by atoms with E-state index < -0.39 is 6.23 Å². The molecule has 0 aromatic carbocycles. The van der Waals surface area contributed by atoms with Crippen molar-refractivity contribution in [3.8, 4) is 0 Å². The molecule has 5 heteroatoms. The largest absolute Gasteiger partial charge is 0.377 e. The number of hydrogen-bond acceptors (Lipinski definition) is 5. The van der Waals surface area contributed by atoms with Gasteiger partial charge in [0.05, 0.1) is 6.10 Å². The standard InChI is InChI=1S/C9H21N3O2/c10-3-4-11-7-9(13)12-6-8-2-1-5-14-8/h8-9,11-13H,1-7,10H2. The molecule has 0 bridgehead atoms. The molecule has 0 saturated carbocycles. The van der Waals surface area contributed by atoms with Crippen LogP contribution in [0.25, 0.3) is 0 Å². The smallest absolute Gasteiger partial charge is 0.117 e. The molecular weight excluding hydrogens is 182 g/mol. The first-order chi connectivity index (χ1) is 6.83. The van der Waals surface area contributed by atoms with Crippen molar-refractivity contribution in [1.82, 2.24) is 10.6 Å². The predicted octanol–water partition coefficient (Wildman–Crippen LogP) is -1.38. The van der Waals surface area contributed by atoms with E-state index in [9.17, 15) is 5.11 Å². The Bertz CT molecular complexity index is 140. The van der Waals surface area contributed by atoms with Crippen LogP contribution < -0.4 is 16.4 Å². The normalized spacial score (nSPS) is 24.0. The first kappa shape index (κ1) is 11.9. The van der Waals surface area contributed by atoms with Gasteiger partial charge in [0, 0.05) is 32.8 Å². The van der Waals surface area contributed by atoms with Crippen LogP contribution in [0.15, 0.2) is 0 Å². The summed E-state index contributed by atoms with van der Waals surface area (Å²) in [6.07, 6.45) is 1.99. The lowest BCUT2D eigenvalue weighted by Crippen LogP contribution is -2.42. The van der Waals surface area contributed by atoms with Crippen LogP contribution in [0.4, 0.5) is 0 Å². The molecule has 0 radical (unpaired) electrons. The molecule has 0 spiro atoms. The van der Waals surface area contributed by atoms with Crippen molar-refractivity contribution >= 4 is 0 Å². The Morgan fingerprint density at radius 1 is 1.57 bits per heavy atom. The van der Waals surface area contributed by atoms with Gasteiger partial charge < -0.3 is 20.9 Å². The second-order valence-corrected chi connectivity index (χ2v) is 3.55. The highest BCUT2D eigenvalue weighted by atomic mass is 16.5. The van der Waals surface area contributed by atoms with Gasteiger partial charge in [0.25, 0.3) is 0 Å². The molecule has 0 aromatic rings. The molecule has 0 aliphatic carbocycles. The van der Waals surface area contributed by atoms with E-state index in [1.807, 2.05) is 0 Å². The van der Waals surface area contributed by atoms with Crippen LogP contribution in [0, 0.1) is 0 Å². The van der Waals surface area contributed by atoms with Gasteiger partial charge in [-0.05, 0) is 12.8 Å². The second kappa shape index (κ2) is 7.14. The maximum atomic E-state index is 9.47. The predicted molar refractivity (Wildman–Crippen MR) is 54.9 cm³/mol. The van der Waals surface area contributed by atoms with Gasteiger partial charge in [-0.1, -0.05) is 0 Å². The summed E-state index contributed by atoms with van der Waals surface area (Å²) in [7, 11) is 0. The van der Waals surface area contributed by atoms with Crippen molar-refractivity contribution in [3.63, 3.8) is 0 Å². The molecule has 1 aliphatic heterocycles. The Hall–Kier alpha value is -0.200. The molecule has 14 heavy (non-hydrogen) atoms. The highest BCUT2D eigenvalue weighted by molar-refractivity contribution is 4.69. The number of aliphatic hydroxyl groups is 1. The average Bonchev–Trinajstić information content (AvgIpc) is 2.68. The van der Waals surface area contributed by atoms with Crippen molar-refractivity contribution in [3.05, 3.63) is 0 Å². The highest BCUT2D eigenvalue weighted by Crippen LogP contribution is 2.10. The fourth-order valence-electron chi connectivity index (χ4n) is 1.49. The summed E-state index contributed by atoms with van der Waals surface area (Å²) in [5, 5.41) is 15.5. The number of nitrogens with one attached hydrogen (secondary N) is 2. The van der Waals surface area contributed by atoms with Crippen molar-refractivity contribution < 1.29 is 9.84 Å². The average molecular weight is 203 g/mol. The van der Waals surface area contributed by atoms with Gasteiger partial charge in [0.15, 0.2) is 0 Å². The van der Waals surface area contributed by atoms with Gasteiger partial charge in [-0.15, -0.1) is 0 Å². The summed E-state index contributed by atoms with van der Waals surface area (Å²) in [6, 6.07) is 0. The first-order valence-electron chi connectivity index (χ1n) is 5.26. The third-order valence-corrected chi connectivity index (χ3v) is 2.26. The van der Waals surface area contributed by atoms with Gasteiger partial charge >= 0.3 is 0 Å². The fraction of sp³-hybridized carbons (Fsp3) is 1.00. The Morgan fingerprint density at radius 3 is 3.07 bits per heavy atom. The van der Waals surface area contributed by atoms with Crippen molar-refractivity contribution in [1.29, 1.82) is 0 Å². The van der Waals surface area contributed by atoms with Gasteiger partial charge in [-0.3, -0.25) is 5.32 Å². The minimum atomic E-state index is -0.509. The molecule has 1 heterocycles. The van der Waals surface area contributed by atoms with Crippen molar-refractivity contribution in [2.75, 3.05) is 32.8 Å². The lowest BCUT2D eigenvalue weighted by molar-refractivity contribution is 0.0778. The number of hydrogen-bond donors (Lipinski definition) is 4. The summed E-state index contributed by atoms with van der Waals surface area (Å²) in [5.74, 6) is 0. The van der Waals surface area contributed by atoms with E-state index in [0.29, 0.717) is 13.1 Å². The van der Waals surface area contributed by atoms with Crippen LogP contribution in [-0.2, 0) is 4.74 Å². The van der Waals surface area contributed by atoms with Crippen LogP contribution in [-0.4, -0.2) is 50.2 Å². The molecule has 5 N–H and O–H groups in total. The van der Waals surface area contributed by atoms with Gasteiger partial charge in [-0.25, -0.2) is 0 Å². The Labute approximate surface area is 85.0 Å². The van der Waals surface area contributed by atoms with Crippen molar-refractivity contribution in [2.45, 2.75) is 25.2 Å². The maximum Gasteiger partial charge on any atom is 0.117 e. The third-order valence-electron chi connectivity index (χ3n) is 2.26. The second-order valence-electron chi connectivity index (χ2n) is 3.55. The SMILES string of the molecule is NCCNCC(O)NCC1CCCO1. The molecule has 0 aromatic heterocycles. The fourth-order valence-corrected chi connectivity index (χ4v) is 1.49. The van der Waals surface area contributed by atoms with E-state index in [0.717, 1.165) is 32.5 Å². The zero-order chi connectivity index (χ0) is 10.2. The Kier molecular flexibility index (Phi) is 6.05. The van der Waals surface area contributed by atoms with Crippen LogP contribution in [0.5, 0.6) is 0 Å². The van der Waals surface area contributed by atoms with Crippen molar-refractivity contribution in [2.24, 2.45) is 5.73 Å². The first-order valence-corrected chi connectivity index (χ1v) is 5.26. The molecule has 84 valence electrons. The minimum absolute atomic E-state index is 0.277. The Balaban J connectivity index is 1.93. The summed E-state index contributed by atoms with van der Waals surface area (Å²) < 4.78 is 5.41. The summed E-state index contributed by atoms with van der Waals surface area (Å²) in [6.45, 7) is 3.44.